The Morgan fingerprint density at radius 2 is 1.83 bits per heavy atom. The number of rotatable bonds is 7. The topological polar surface area (TPSA) is 59.8 Å². The molecule has 0 fully saturated rings. The van der Waals surface area contributed by atoms with Gasteiger partial charge in [0.25, 0.3) is 5.92 Å². The standard InChI is InChI=1S/C21H24F2N4O.C2H6/c1-14(2)16-6-4-15(5-7-16)8-20(28)25-11-18-9-17-10-26-27(13-21(3,22)23)19(17)12-24-18;1-2/h4-7,9-10,12,14H,8,11,13H2,1-3H3,(H,25,28);1-2H3. The molecule has 5 nitrogen and oxygen atoms in total. The van der Waals surface area contributed by atoms with Crippen molar-refractivity contribution < 1.29 is 13.6 Å². The summed E-state index contributed by atoms with van der Waals surface area (Å²) in [7, 11) is 0. The van der Waals surface area contributed by atoms with Crippen molar-refractivity contribution in [3.05, 3.63) is 59.5 Å². The second-order valence-corrected chi connectivity index (χ2v) is 7.46. The molecule has 3 aromatic rings. The fraction of sp³-hybridized carbons (Fsp3) is 0.435. The van der Waals surface area contributed by atoms with Gasteiger partial charge >= 0.3 is 0 Å². The quantitative estimate of drug-likeness (QED) is 0.583. The van der Waals surface area contributed by atoms with Crippen molar-refractivity contribution in [1.29, 1.82) is 0 Å². The zero-order valence-electron chi connectivity index (χ0n) is 18.2. The van der Waals surface area contributed by atoms with Crippen molar-refractivity contribution in [1.82, 2.24) is 20.1 Å². The highest BCUT2D eigenvalue weighted by Crippen LogP contribution is 2.20. The van der Waals surface area contributed by atoms with Gasteiger partial charge in [0, 0.05) is 12.3 Å². The van der Waals surface area contributed by atoms with E-state index in [2.05, 4.69) is 29.2 Å². The molecule has 0 spiro atoms. The zero-order chi connectivity index (χ0) is 22.3. The van der Waals surface area contributed by atoms with Crippen molar-refractivity contribution in [2.45, 2.75) is 66.0 Å². The molecule has 3 rings (SSSR count). The lowest BCUT2D eigenvalue weighted by Gasteiger charge is -2.11. The van der Waals surface area contributed by atoms with Gasteiger partial charge in [-0.1, -0.05) is 52.0 Å². The van der Waals surface area contributed by atoms with E-state index in [1.807, 2.05) is 38.1 Å². The highest BCUT2D eigenvalue weighted by atomic mass is 19.3. The normalized spacial score (nSPS) is 11.3. The molecule has 0 saturated carbocycles. The monoisotopic (exact) mass is 416 g/mol. The summed E-state index contributed by atoms with van der Waals surface area (Å²) in [4.78, 5) is 16.4. The summed E-state index contributed by atoms with van der Waals surface area (Å²) in [5, 5.41) is 7.56. The lowest BCUT2D eigenvalue weighted by molar-refractivity contribution is -0.120. The summed E-state index contributed by atoms with van der Waals surface area (Å²) >= 11 is 0. The Balaban J connectivity index is 0.00000155. The number of hydrogen-bond donors (Lipinski definition) is 1. The van der Waals surface area contributed by atoms with Crippen LogP contribution in [0.15, 0.2) is 42.7 Å². The van der Waals surface area contributed by atoms with Crippen LogP contribution in [0.1, 0.15) is 57.4 Å². The maximum Gasteiger partial charge on any atom is 0.264 e. The smallest absolute Gasteiger partial charge is 0.264 e. The molecule has 1 amide bonds. The molecule has 7 heteroatoms. The number of nitrogens with zero attached hydrogens (tertiary/aromatic N) is 3. The van der Waals surface area contributed by atoms with Gasteiger partial charge in [-0.25, -0.2) is 8.78 Å². The van der Waals surface area contributed by atoms with Gasteiger partial charge in [0.2, 0.25) is 5.91 Å². The average molecular weight is 417 g/mol. The van der Waals surface area contributed by atoms with Gasteiger partial charge in [0.1, 0.15) is 6.54 Å². The second kappa shape index (κ2) is 10.3. The molecule has 0 aliphatic heterocycles. The molecule has 2 aromatic heterocycles. The number of amides is 1. The predicted octanol–water partition coefficient (Wildman–Crippen LogP) is 5.10. The number of halogens is 2. The first-order chi connectivity index (χ1) is 14.2. The van der Waals surface area contributed by atoms with Gasteiger partial charge in [0.05, 0.1) is 36.6 Å². The summed E-state index contributed by atoms with van der Waals surface area (Å²) in [6, 6.07) is 9.78. The number of nitrogens with one attached hydrogen (secondary N) is 1. The van der Waals surface area contributed by atoms with Crippen LogP contribution in [0.3, 0.4) is 0 Å². The van der Waals surface area contributed by atoms with Crippen LogP contribution in [0.4, 0.5) is 8.78 Å². The molecule has 0 bridgehead atoms. The Morgan fingerprint density at radius 1 is 1.17 bits per heavy atom. The number of hydrogen-bond acceptors (Lipinski definition) is 3. The molecule has 1 N–H and O–H groups in total. The fourth-order valence-corrected chi connectivity index (χ4v) is 2.97. The van der Waals surface area contributed by atoms with E-state index in [0.29, 0.717) is 28.9 Å². The first kappa shape index (κ1) is 23.4. The number of pyridine rings is 1. The fourth-order valence-electron chi connectivity index (χ4n) is 2.97. The second-order valence-electron chi connectivity index (χ2n) is 7.46. The van der Waals surface area contributed by atoms with E-state index < -0.39 is 12.5 Å². The summed E-state index contributed by atoms with van der Waals surface area (Å²) in [5.41, 5.74) is 3.38. The minimum atomic E-state index is -2.85. The third-order valence-corrected chi connectivity index (χ3v) is 4.49. The minimum Gasteiger partial charge on any atom is -0.350 e. The molecule has 2 heterocycles. The maximum absolute atomic E-state index is 13.2. The number of benzene rings is 1. The lowest BCUT2D eigenvalue weighted by atomic mass is 10.0. The van der Waals surface area contributed by atoms with Crippen molar-refractivity contribution in [2.24, 2.45) is 0 Å². The first-order valence-electron chi connectivity index (χ1n) is 10.2. The van der Waals surface area contributed by atoms with Crippen LogP contribution in [0.2, 0.25) is 0 Å². The van der Waals surface area contributed by atoms with Crippen LogP contribution < -0.4 is 5.32 Å². The van der Waals surface area contributed by atoms with Crippen LogP contribution in [-0.2, 0) is 24.3 Å². The SMILES string of the molecule is CC.CC(C)c1ccc(CC(=O)NCc2cc3cnn(CC(C)(F)F)c3cn2)cc1. The van der Waals surface area contributed by atoms with Crippen LogP contribution in [-0.4, -0.2) is 26.6 Å². The number of aromatic nitrogens is 3. The Bertz CT molecular complexity index is 959. The molecule has 30 heavy (non-hydrogen) atoms. The van der Waals surface area contributed by atoms with E-state index in [1.165, 1.54) is 22.6 Å². The van der Waals surface area contributed by atoms with Crippen molar-refractivity contribution in [3.8, 4) is 0 Å². The van der Waals surface area contributed by atoms with Gasteiger partial charge in [-0.05, 0) is 23.1 Å². The molecular formula is C23H30F2N4O. The van der Waals surface area contributed by atoms with Gasteiger partial charge in [-0.2, -0.15) is 5.10 Å². The summed E-state index contributed by atoms with van der Waals surface area (Å²) in [5.74, 6) is -2.49. The Hall–Kier alpha value is -2.83. The van der Waals surface area contributed by atoms with Gasteiger partial charge in [-0.15, -0.1) is 0 Å². The highest BCUT2D eigenvalue weighted by molar-refractivity contribution is 5.79. The van der Waals surface area contributed by atoms with Gasteiger partial charge in [0.15, 0.2) is 0 Å². The lowest BCUT2D eigenvalue weighted by Crippen LogP contribution is -2.25. The van der Waals surface area contributed by atoms with Crippen molar-refractivity contribution >= 4 is 16.8 Å². The molecule has 162 valence electrons. The third kappa shape index (κ3) is 6.61. The minimum absolute atomic E-state index is 0.0967. The van der Waals surface area contributed by atoms with Gasteiger partial charge < -0.3 is 5.32 Å². The van der Waals surface area contributed by atoms with Crippen LogP contribution in [0, 0.1) is 0 Å². The van der Waals surface area contributed by atoms with Crippen molar-refractivity contribution in [2.75, 3.05) is 0 Å². The van der Waals surface area contributed by atoms with Crippen molar-refractivity contribution in [3.63, 3.8) is 0 Å². The van der Waals surface area contributed by atoms with E-state index in [-0.39, 0.29) is 12.5 Å². The maximum atomic E-state index is 13.2. The molecule has 0 unspecified atom stereocenters. The molecule has 0 aliphatic carbocycles. The largest absolute Gasteiger partial charge is 0.350 e. The number of carbonyl (C=O) groups is 1. The van der Waals surface area contributed by atoms with Crippen LogP contribution in [0.25, 0.3) is 10.9 Å². The van der Waals surface area contributed by atoms with Crippen LogP contribution >= 0.6 is 0 Å². The number of fused-ring (bicyclic) bond motifs is 1. The molecule has 0 radical (unpaired) electrons. The van der Waals surface area contributed by atoms with E-state index in [4.69, 9.17) is 0 Å². The van der Waals surface area contributed by atoms with E-state index in [1.54, 1.807) is 6.07 Å². The van der Waals surface area contributed by atoms with E-state index >= 15 is 0 Å². The molecule has 0 aliphatic rings. The average Bonchev–Trinajstić information content (AvgIpc) is 3.09. The van der Waals surface area contributed by atoms with E-state index in [0.717, 1.165) is 12.5 Å². The number of alkyl halides is 2. The molecule has 0 atom stereocenters. The first-order valence-corrected chi connectivity index (χ1v) is 10.2. The summed E-state index contributed by atoms with van der Waals surface area (Å²) in [6.07, 6.45) is 3.34. The van der Waals surface area contributed by atoms with Gasteiger partial charge in [-0.3, -0.25) is 14.5 Å². The highest BCUT2D eigenvalue weighted by Gasteiger charge is 2.23. The molecule has 1 aromatic carbocycles. The summed E-state index contributed by atoms with van der Waals surface area (Å²) < 4.78 is 27.7. The Morgan fingerprint density at radius 3 is 2.43 bits per heavy atom. The summed E-state index contributed by atoms with van der Waals surface area (Å²) in [6.45, 7) is 8.89. The predicted molar refractivity (Wildman–Crippen MR) is 116 cm³/mol. The third-order valence-electron chi connectivity index (χ3n) is 4.49. The zero-order valence-corrected chi connectivity index (χ0v) is 18.2. The van der Waals surface area contributed by atoms with Crippen LogP contribution in [0.5, 0.6) is 0 Å². The Kier molecular flexibility index (Phi) is 8.03. The van der Waals surface area contributed by atoms with E-state index in [9.17, 15) is 13.6 Å². The molecule has 0 saturated heterocycles. The molecular weight excluding hydrogens is 386 g/mol. The Labute approximate surface area is 176 Å². The number of carbonyl (C=O) groups excluding carboxylic acids is 1.